The molecule has 2 nitrogen and oxygen atoms in total. The molecule has 0 spiro atoms. The minimum absolute atomic E-state index is 0.787. The molecule has 1 saturated carbocycles. The van der Waals surface area contributed by atoms with Crippen molar-refractivity contribution < 1.29 is 0 Å². The lowest BCUT2D eigenvalue weighted by Gasteiger charge is -2.38. The highest BCUT2D eigenvalue weighted by Gasteiger charge is 2.30. The molecule has 19 heavy (non-hydrogen) atoms. The summed E-state index contributed by atoms with van der Waals surface area (Å²) in [6, 6.07) is 11.4. The van der Waals surface area contributed by atoms with Crippen LogP contribution in [0.5, 0.6) is 0 Å². The van der Waals surface area contributed by atoms with Gasteiger partial charge in [-0.3, -0.25) is 0 Å². The minimum Gasteiger partial charge on any atom is -0.375 e. The molecule has 0 bridgehead atoms. The Morgan fingerprint density at radius 3 is 2.53 bits per heavy atom. The molecule has 0 saturated heterocycles. The van der Waals surface area contributed by atoms with E-state index in [1.54, 1.807) is 0 Å². The first-order valence-corrected chi connectivity index (χ1v) is 7.66. The average Bonchev–Trinajstić information content (AvgIpc) is 2.36. The molecule has 0 radical (unpaired) electrons. The van der Waals surface area contributed by atoms with Crippen molar-refractivity contribution in [3.05, 3.63) is 30.3 Å². The van der Waals surface area contributed by atoms with E-state index in [4.69, 9.17) is 0 Å². The van der Waals surface area contributed by atoms with E-state index in [9.17, 15) is 0 Å². The second kappa shape index (κ2) is 6.95. The number of anilines is 1. The normalized spacial score (nSPS) is 22.3. The molecule has 1 aliphatic rings. The molecule has 1 aliphatic carbocycles. The third-order valence-corrected chi connectivity index (χ3v) is 4.42. The molecule has 1 fully saturated rings. The Bertz CT molecular complexity index is 355. The van der Waals surface area contributed by atoms with Crippen LogP contribution in [0, 0.1) is 11.8 Å². The number of benzene rings is 1. The van der Waals surface area contributed by atoms with E-state index in [0.717, 1.165) is 31.0 Å². The number of nitrogens with zero attached hydrogens (tertiary/aromatic N) is 1. The van der Waals surface area contributed by atoms with Crippen molar-refractivity contribution in [2.24, 2.45) is 11.8 Å². The molecule has 2 heteroatoms. The fourth-order valence-corrected chi connectivity index (χ4v) is 2.81. The molecule has 2 rings (SSSR count). The van der Waals surface area contributed by atoms with Crippen molar-refractivity contribution in [2.75, 3.05) is 25.0 Å². The van der Waals surface area contributed by atoms with E-state index in [1.807, 2.05) is 0 Å². The predicted octanol–water partition coefficient (Wildman–Crippen LogP) is 3.54. The van der Waals surface area contributed by atoms with Gasteiger partial charge in [-0.15, -0.1) is 0 Å². The highest BCUT2D eigenvalue weighted by atomic mass is 15.1. The van der Waals surface area contributed by atoms with Crippen molar-refractivity contribution >= 4 is 5.69 Å². The van der Waals surface area contributed by atoms with Crippen LogP contribution in [0.1, 0.15) is 33.1 Å². The predicted molar refractivity (Wildman–Crippen MR) is 83.7 cm³/mol. The number of rotatable bonds is 7. The molecular formula is C17H28N2. The Balaban J connectivity index is 1.56. The van der Waals surface area contributed by atoms with Gasteiger partial charge < -0.3 is 10.2 Å². The van der Waals surface area contributed by atoms with Crippen LogP contribution in [0.4, 0.5) is 5.69 Å². The van der Waals surface area contributed by atoms with Gasteiger partial charge in [-0.05, 0) is 49.8 Å². The number of nitrogens with one attached hydrogen (secondary N) is 1. The molecule has 106 valence electrons. The lowest BCUT2D eigenvalue weighted by atomic mass is 9.74. The summed E-state index contributed by atoms with van der Waals surface area (Å²) in [5.41, 5.74) is 1.31. The summed E-state index contributed by atoms with van der Waals surface area (Å²) in [5.74, 6) is 1.83. The van der Waals surface area contributed by atoms with E-state index >= 15 is 0 Å². The highest BCUT2D eigenvalue weighted by Crippen LogP contribution is 2.33. The van der Waals surface area contributed by atoms with Crippen LogP contribution in [-0.4, -0.2) is 26.2 Å². The van der Waals surface area contributed by atoms with Crippen molar-refractivity contribution in [3.63, 3.8) is 0 Å². The number of hydrogen-bond donors (Lipinski definition) is 1. The molecule has 0 aliphatic heterocycles. The first-order valence-electron chi connectivity index (χ1n) is 7.66. The van der Waals surface area contributed by atoms with Crippen molar-refractivity contribution in [3.8, 4) is 0 Å². The maximum Gasteiger partial charge on any atom is 0.0363 e. The lowest BCUT2D eigenvalue weighted by molar-refractivity contribution is 0.169. The second-order valence-electron chi connectivity index (χ2n) is 6.24. The Morgan fingerprint density at radius 2 is 1.89 bits per heavy atom. The van der Waals surface area contributed by atoms with E-state index in [-0.39, 0.29) is 0 Å². The third kappa shape index (κ3) is 4.24. The van der Waals surface area contributed by atoms with Crippen LogP contribution in [-0.2, 0) is 0 Å². The summed E-state index contributed by atoms with van der Waals surface area (Å²) in [7, 11) is 2.17. The van der Waals surface area contributed by atoms with Gasteiger partial charge in [-0.1, -0.05) is 32.0 Å². The lowest BCUT2D eigenvalue weighted by Crippen LogP contribution is -2.43. The van der Waals surface area contributed by atoms with Crippen LogP contribution in [0.3, 0.4) is 0 Å². The van der Waals surface area contributed by atoms with E-state index in [2.05, 4.69) is 61.4 Å². The molecule has 0 atom stereocenters. The Labute approximate surface area is 118 Å². The molecule has 0 heterocycles. The van der Waals surface area contributed by atoms with Crippen LogP contribution in [0.2, 0.25) is 0 Å². The van der Waals surface area contributed by atoms with Gasteiger partial charge >= 0.3 is 0 Å². The first-order chi connectivity index (χ1) is 9.16. The first kappa shape index (κ1) is 14.4. The summed E-state index contributed by atoms with van der Waals surface area (Å²) >= 11 is 0. The molecule has 0 aromatic heterocycles. The third-order valence-electron chi connectivity index (χ3n) is 4.42. The van der Waals surface area contributed by atoms with Gasteiger partial charge in [0.15, 0.2) is 0 Å². The van der Waals surface area contributed by atoms with Gasteiger partial charge in [0.2, 0.25) is 0 Å². The summed E-state index contributed by atoms with van der Waals surface area (Å²) < 4.78 is 0. The summed E-state index contributed by atoms with van der Waals surface area (Å²) in [5, 5.41) is 3.68. The van der Waals surface area contributed by atoms with Gasteiger partial charge in [0.25, 0.3) is 0 Å². The van der Waals surface area contributed by atoms with E-state index < -0.39 is 0 Å². The molecule has 1 aromatic rings. The standard InChI is InChI=1S/C17H28N2/c1-14(2)15-12-16(13-15)18-10-7-11-19(3)17-8-5-4-6-9-17/h4-6,8-9,14-16,18H,7,10-13H2,1-3H3. The Kier molecular flexibility index (Phi) is 5.26. The van der Waals surface area contributed by atoms with Crippen molar-refractivity contribution in [1.82, 2.24) is 5.32 Å². The Hall–Kier alpha value is -1.02. The van der Waals surface area contributed by atoms with Gasteiger partial charge in [0.05, 0.1) is 0 Å². The summed E-state index contributed by atoms with van der Waals surface area (Å²) in [6.45, 7) is 6.95. The molecule has 0 unspecified atom stereocenters. The molecule has 0 amide bonds. The van der Waals surface area contributed by atoms with Gasteiger partial charge in [-0.2, -0.15) is 0 Å². The zero-order chi connectivity index (χ0) is 13.7. The topological polar surface area (TPSA) is 15.3 Å². The van der Waals surface area contributed by atoms with Gasteiger partial charge in [-0.25, -0.2) is 0 Å². The average molecular weight is 260 g/mol. The van der Waals surface area contributed by atoms with Gasteiger partial charge in [0.1, 0.15) is 0 Å². The molecular weight excluding hydrogens is 232 g/mol. The quantitative estimate of drug-likeness (QED) is 0.754. The van der Waals surface area contributed by atoms with Crippen molar-refractivity contribution in [2.45, 2.75) is 39.2 Å². The maximum atomic E-state index is 3.68. The van der Waals surface area contributed by atoms with Crippen LogP contribution < -0.4 is 10.2 Å². The maximum absolute atomic E-state index is 3.68. The van der Waals surface area contributed by atoms with Crippen LogP contribution in [0.25, 0.3) is 0 Å². The molecule has 1 aromatic carbocycles. The summed E-state index contributed by atoms with van der Waals surface area (Å²) in [6.07, 6.45) is 3.98. The minimum atomic E-state index is 0.787. The zero-order valence-electron chi connectivity index (χ0n) is 12.6. The van der Waals surface area contributed by atoms with E-state index in [0.29, 0.717) is 0 Å². The van der Waals surface area contributed by atoms with E-state index in [1.165, 1.54) is 24.9 Å². The highest BCUT2D eigenvalue weighted by molar-refractivity contribution is 5.44. The SMILES string of the molecule is CC(C)C1CC(NCCCN(C)c2ccccc2)C1. The number of hydrogen-bond acceptors (Lipinski definition) is 2. The van der Waals surface area contributed by atoms with Crippen LogP contribution >= 0.6 is 0 Å². The largest absolute Gasteiger partial charge is 0.375 e. The van der Waals surface area contributed by atoms with Gasteiger partial charge in [0, 0.05) is 25.3 Å². The number of para-hydroxylation sites is 1. The fraction of sp³-hybridized carbons (Fsp3) is 0.647. The smallest absolute Gasteiger partial charge is 0.0363 e. The monoisotopic (exact) mass is 260 g/mol. The van der Waals surface area contributed by atoms with Crippen LogP contribution in [0.15, 0.2) is 30.3 Å². The van der Waals surface area contributed by atoms with Crippen molar-refractivity contribution in [1.29, 1.82) is 0 Å². The molecule has 1 N–H and O–H groups in total. The summed E-state index contributed by atoms with van der Waals surface area (Å²) in [4.78, 5) is 2.33. The second-order valence-corrected chi connectivity index (χ2v) is 6.24. The fourth-order valence-electron chi connectivity index (χ4n) is 2.81. The zero-order valence-corrected chi connectivity index (χ0v) is 12.6. The Morgan fingerprint density at radius 1 is 1.21 bits per heavy atom.